The average molecular weight is 200 g/mol. The van der Waals surface area contributed by atoms with Gasteiger partial charge in [-0.2, -0.15) is 0 Å². The third kappa shape index (κ3) is 4.43. The Hall–Kier alpha value is -0.0800. The van der Waals surface area contributed by atoms with E-state index in [2.05, 4.69) is 33.1 Å². The molecule has 3 N–H and O–H groups in total. The van der Waals surface area contributed by atoms with E-state index in [1.54, 1.807) is 0 Å². The van der Waals surface area contributed by atoms with Crippen molar-refractivity contribution in [2.45, 2.75) is 65.8 Å². The monoisotopic (exact) mass is 200 g/mol. The van der Waals surface area contributed by atoms with Gasteiger partial charge in [0.25, 0.3) is 0 Å². The highest BCUT2D eigenvalue weighted by Crippen LogP contribution is 2.22. The largest absolute Gasteiger partial charge is 0.271 e. The number of hydrazine groups is 1. The highest BCUT2D eigenvalue weighted by molar-refractivity contribution is 4.75. The zero-order valence-electron chi connectivity index (χ0n) is 10.3. The van der Waals surface area contributed by atoms with Crippen molar-refractivity contribution in [3.8, 4) is 0 Å². The van der Waals surface area contributed by atoms with Crippen LogP contribution in [0.5, 0.6) is 0 Å². The summed E-state index contributed by atoms with van der Waals surface area (Å²) in [5, 5.41) is 0. The van der Waals surface area contributed by atoms with Crippen LogP contribution in [-0.2, 0) is 0 Å². The number of nitrogens with one attached hydrogen (secondary N) is 1. The molecule has 2 heteroatoms. The van der Waals surface area contributed by atoms with Gasteiger partial charge in [0.2, 0.25) is 0 Å². The van der Waals surface area contributed by atoms with Crippen molar-refractivity contribution < 1.29 is 0 Å². The minimum absolute atomic E-state index is 0.509. The van der Waals surface area contributed by atoms with E-state index < -0.39 is 0 Å². The first-order valence-corrected chi connectivity index (χ1v) is 6.19. The number of hydrogen-bond acceptors (Lipinski definition) is 2. The van der Waals surface area contributed by atoms with E-state index in [9.17, 15) is 0 Å². The predicted molar refractivity (Wildman–Crippen MR) is 63.9 cm³/mol. The molecule has 86 valence electrons. The van der Waals surface area contributed by atoms with E-state index in [-0.39, 0.29) is 0 Å². The van der Waals surface area contributed by atoms with Gasteiger partial charge in [0.05, 0.1) is 0 Å². The third-order valence-corrected chi connectivity index (χ3v) is 3.57. The van der Waals surface area contributed by atoms with Crippen LogP contribution in [0.3, 0.4) is 0 Å². The highest BCUT2D eigenvalue weighted by atomic mass is 15.2. The molecule has 0 aliphatic rings. The Morgan fingerprint density at radius 3 is 1.71 bits per heavy atom. The van der Waals surface area contributed by atoms with Crippen LogP contribution in [0, 0.1) is 11.8 Å². The second kappa shape index (κ2) is 8.25. The van der Waals surface area contributed by atoms with Crippen LogP contribution >= 0.6 is 0 Å². The van der Waals surface area contributed by atoms with Gasteiger partial charge in [-0.15, -0.1) is 0 Å². The summed E-state index contributed by atoms with van der Waals surface area (Å²) in [6.07, 6.45) is 6.23. The molecular weight excluding hydrogens is 172 g/mol. The van der Waals surface area contributed by atoms with Crippen LogP contribution in [0.1, 0.15) is 59.8 Å². The van der Waals surface area contributed by atoms with Gasteiger partial charge >= 0.3 is 0 Å². The molecule has 0 aliphatic heterocycles. The van der Waals surface area contributed by atoms with E-state index in [4.69, 9.17) is 5.84 Å². The number of rotatable bonds is 8. The lowest BCUT2D eigenvalue weighted by Crippen LogP contribution is -2.41. The van der Waals surface area contributed by atoms with Crippen LogP contribution in [0.15, 0.2) is 0 Å². The molecule has 2 nitrogen and oxygen atoms in total. The number of hydrogen-bond donors (Lipinski definition) is 2. The Balaban J connectivity index is 4.10. The zero-order valence-corrected chi connectivity index (χ0v) is 10.3. The Kier molecular flexibility index (Phi) is 8.20. The summed E-state index contributed by atoms with van der Waals surface area (Å²) in [4.78, 5) is 0. The normalized spacial score (nSPS) is 13.9. The van der Waals surface area contributed by atoms with Crippen molar-refractivity contribution in [1.29, 1.82) is 0 Å². The van der Waals surface area contributed by atoms with Crippen molar-refractivity contribution in [2.24, 2.45) is 17.7 Å². The molecule has 0 radical (unpaired) electrons. The molecule has 0 saturated heterocycles. The van der Waals surface area contributed by atoms with Crippen LogP contribution in [0.4, 0.5) is 0 Å². The van der Waals surface area contributed by atoms with Crippen LogP contribution in [0.25, 0.3) is 0 Å². The topological polar surface area (TPSA) is 38.0 Å². The van der Waals surface area contributed by atoms with Gasteiger partial charge in [0.15, 0.2) is 0 Å². The average Bonchev–Trinajstić information content (AvgIpc) is 2.24. The van der Waals surface area contributed by atoms with Gasteiger partial charge in [0.1, 0.15) is 0 Å². The molecule has 0 fully saturated rings. The second-order valence-corrected chi connectivity index (χ2v) is 4.27. The lowest BCUT2D eigenvalue weighted by atomic mass is 9.85. The summed E-state index contributed by atoms with van der Waals surface area (Å²) in [6, 6.07) is 0.509. The molecule has 0 heterocycles. The molecule has 1 atom stereocenters. The minimum Gasteiger partial charge on any atom is -0.271 e. The third-order valence-electron chi connectivity index (χ3n) is 3.57. The van der Waals surface area contributed by atoms with Crippen LogP contribution < -0.4 is 11.3 Å². The Labute approximate surface area is 89.6 Å². The van der Waals surface area contributed by atoms with E-state index in [0.29, 0.717) is 6.04 Å². The second-order valence-electron chi connectivity index (χ2n) is 4.27. The van der Waals surface area contributed by atoms with Gasteiger partial charge in [-0.25, -0.2) is 0 Å². The lowest BCUT2D eigenvalue weighted by molar-refractivity contribution is 0.272. The molecule has 0 aromatic heterocycles. The molecule has 0 bridgehead atoms. The molecule has 0 spiro atoms. The van der Waals surface area contributed by atoms with Gasteiger partial charge in [-0.05, 0) is 18.3 Å². The molecule has 0 rings (SSSR count). The molecule has 0 aromatic carbocycles. The maximum atomic E-state index is 5.63. The van der Waals surface area contributed by atoms with Crippen LogP contribution in [0.2, 0.25) is 0 Å². The first kappa shape index (κ1) is 13.9. The van der Waals surface area contributed by atoms with Crippen molar-refractivity contribution >= 4 is 0 Å². The maximum absolute atomic E-state index is 5.63. The van der Waals surface area contributed by atoms with E-state index in [0.717, 1.165) is 11.8 Å². The van der Waals surface area contributed by atoms with E-state index in [1.165, 1.54) is 32.1 Å². The Bertz CT molecular complexity index is 117. The quantitative estimate of drug-likeness (QED) is 0.467. The first-order chi connectivity index (χ1) is 6.73. The minimum atomic E-state index is 0.509. The number of nitrogens with two attached hydrogens (primary N) is 1. The summed E-state index contributed by atoms with van der Waals surface area (Å²) < 4.78 is 0. The van der Waals surface area contributed by atoms with Crippen molar-refractivity contribution in [2.75, 3.05) is 0 Å². The van der Waals surface area contributed by atoms with Gasteiger partial charge < -0.3 is 0 Å². The lowest BCUT2D eigenvalue weighted by Gasteiger charge is -2.27. The maximum Gasteiger partial charge on any atom is 0.0241 e. The first-order valence-electron chi connectivity index (χ1n) is 6.19. The molecule has 0 saturated carbocycles. The summed E-state index contributed by atoms with van der Waals surface area (Å²) in [7, 11) is 0. The van der Waals surface area contributed by atoms with E-state index >= 15 is 0 Å². The molecule has 0 amide bonds. The van der Waals surface area contributed by atoms with E-state index in [1.807, 2.05) is 0 Å². The van der Waals surface area contributed by atoms with Crippen LogP contribution in [-0.4, -0.2) is 6.04 Å². The fraction of sp³-hybridized carbons (Fsp3) is 1.00. The predicted octanol–water partition coefficient (Wildman–Crippen LogP) is 3.08. The Morgan fingerprint density at radius 1 is 0.929 bits per heavy atom. The van der Waals surface area contributed by atoms with Gasteiger partial charge in [-0.1, -0.05) is 53.4 Å². The SMILES string of the molecule is CCC(CC)CC(NN)C(CC)CC. The summed E-state index contributed by atoms with van der Waals surface area (Å²) in [6.45, 7) is 9.06. The standard InChI is InChI=1S/C12H28N2/c1-5-10(6-2)9-12(14-13)11(7-3)8-4/h10-12,14H,5-9,13H2,1-4H3. The van der Waals surface area contributed by atoms with Gasteiger partial charge in [-0.3, -0.25) is 11.3 Å². The highest BCUT2D eigenvalue weighted by Gasteiger charge is 2.19. The molecule has 14 heavy (non-hydrogen) atoms. The summed E-state index contributed by atoms with van der Waals surface area (Å²) in [5.74, 6) is 7.20. The molecule has 1 unspecified atom stereocenters. The van der Waals surface area contributed by atoms with Crippen molar-refractivity contribution in [3.63, 3.8) is 0 Å². The fourth-order valence-electron chi connectivity index (χ4n) is 2.24. The van der Waals surface area contributed by atoms with Crippen molar-refractivity contribution in [1.82, 2.24) is 5.43 Å². The molecule has 0 aromatic rings. The van der Waals surface area contributed by atoms with Crippen molar-refractivity contribution in [3.05, 3.63) is 0 Å². The molecular formula is C12H28N2. The fourth-order valence-corrected chi connectivity index (χ4v) is 2.24. The summed E-state index contributed by atoms with van der Waals surface area (Å²) >= 11 is 0. The molecule has 0 aliphatic carbocycles. The Morgan fingerprint density at radius 2 is 1.43 bits per heavy atom. The van der Waals surface area contributed by atoms with Gasteiger partial charge in [0, 0.05) is 6.04 Å². The zero-order chi connectivity index (χ0) is 11.0. The summed E-state index contributed by atoms with van der Waals surface area (Å²) in [5.41, 5.74) is 3.00. The smallest absolute Gasteiger partial charge is 0.0241 e.